The van der Waals surface area contributed by atoms with Crippen molar-refractivity contribution in [2.45, 2.75) is 96.9 Å². The van der Waals surface area contributed by atoms with Crippen LogP contribution < -0.4 is 0 Å². The number of methoxy groups -OCH3 is 1. The fraction of sp³-hybridized carbons (Fsp3) is 0.963. The quantitative estimate of drug-likeness (QED) is 0.617. The maximum absolute atomic E-state index is 11.7. The van der Waals surface area contributed by atoms with E-state index < -0.39 is 0 Å². The van der Waals surface area contributed by atoms with Crippen molar-refractivity contribution in [3.05, 3.63) is 0 Å². The summed E-state index contributed by atoms with van der Waals surface area (Å²) in [4.78, 5) is 11.7. The van der Waals surface area contributed by atoms with Gasteiger partial charge in [-0.05, 0) is 91.3 Å². The Morgan fingerprint density at radius 1 is 1.06 bits per heavy atom. The van der Waals surface area contributed by atoms with Crippen molar-refractivity contribution in [2.75, 3.05) is 20.3 Å². The van der Waals surface area contributed by atoms with Crippen LogP contribution in [0.15, 0.2) is 0 Å². The Kier molecular flexibility index (Phi) is 5.95. The molecule has 0 aromatic carbocycles. The summed E-state index contributed by atoms with van der Waals surface area (Å²) >= 11 is 0. The lowest BCUT2D eigenvalue weighted by atomic mass is 9.43. The van der Waals surface area contributed by atoms with E-state index in [-0.39, 0.29) is 23.3 Å². The Hall–Kier alpha value is -0.650. The second-order valence-electron chi connectivity index (χ2n) is 12.4. The van der Waals surface area contributed by atoms with Gasteiger partial charge in [0, 0.05) is 19.3 Å². The van der Waals surface area contributed by atoms with Gasteiger partial charge in [0.15, 0.2) is 5.79 Å². The molecule has 5 heteroatoms. The molecule has 4 saturated carbocycles. The first kappa shape index (κ1) is 23.1. The third-order valence-electron chi connectivity index (χ3n) is 11.3. The summed E-state index contributed by atoms with van der Waals surface area (Å²) in [6.45, 7) is 8.81. The van der Waals surface area contributed by atoms with Gasteiger partial charge in [0.05, 0.1) is 26.4 Å². The Bertz CT molecular complexity index is 717. The molecule has 182 valence electrons. The van der Waals surface area contributed by atoms with Crippen molar-refractivity contribution in [1.82, 2.24) is 0 Å². The van der Waals surface area contributed by atoms with Crippen LogP contribution >= 0.6 is 0 Å². The number of hydrogen-bond donors (Lipinski definition) is 1. The van der Waals surface area contributed by atoms with Crippen molar-refractivity contribution >= 4 is 5.97 Å². The minimum Gasteiger partial charge on any atom is -0.469 e. The van der Waals surface area contributed by atoms with E-state index in [4.69, 9.17) is 14.2 Å². The van der Waals surface area contributed by atoms with Gasteiger partial charge in [-0.1, -0.05) is 20.8 Å². The maximum atomic E-state index is 11.7. The lowest BCUT2D eigenvalue weighted by Gasteiger charge is -2.63. The third-order valence-corrected chi connectivity index (χ3v) is 11.3. The molecular formula is C27H44O5. The lowest BCUT2D eigenvalue weighted by Crippen LogP contribution is -2.60. The number of aliphatic hydroxyl groups is 1. The number of fused-ring (bicyclic) bond motifs is 5. The summed E-state index contributed by atoms with van der Waals surface area (Å²) < 4.78 is 17.1. The molecule has 1 N–H and O–H groups in total. The van der Waals surface area contributed by atoms with Crippen LogP contribution in [-0.2, 0) is 19.0 Å². The maximum Gasteiger partial charge on any atom is 0.305 e. The molecule has 1 aliphatic heterocycles. The largest absolute Gasteiger partial charge is 0.469 e. The van der Waals surface area contributed by atoms with E-state index in [1.807, 2.05) is 0 Å². The second kappa shape index (κ2) is 8.23. The number of carbonyl (C=O) groups is 1. The summed E-state index contributed by atoms with van der Waals surface area (Å²) in [5.74, 6) is 2.84. The van der Waals surface area contributed by atoms with Gasteiger partial charge >= 0.3 is 5.97 Å². The average Bonchev–Trinajstić information content (AvgIpc) is 3.37. The molecule has 5 rings (SSSR count). The summed E-state index contributed by atoms with van der Waals surface area (Å²) in [7, 11) is 1.48. The van der Waals surface area contributed by atoms with Crippen molar-refractivity contribution in [3.8, 4) is 0 Å². The van der Waals surface area contributed by atoms with Gasteiger partial charge in [-0.2, -0.15) is 0 Å². The summed E-state index contributed by atoms with van der Waals surface area (Å²) in [6, 6.07) is 0. The summed E-state index contributed by atoms with van der Waals surface area (Å²) in [5, 5.41) is 11.5. The number of ether oxygens (including phenoxy) is 3. The minimum atomic E-state index is -0.368. The van der Waals surface area contributed by atoms with Gasteiger partial charge < -0.3 is 19.3 Å². The molecular weight excluding hydrogens is 404 g/mol. The SMILES string of the molecule is COC(=O)CC[C@@H](C)C1CCC2C3C(CCC21C)C1(C)CCC2(C[C@@H]1C[C@H]3O)OCCO2. The van der Waals surface area contributed by atoms with E-state index in [0.29, 0.717) is 60.6 Å². The molecule has 1 spiro atoms. The summed E-state index contributed by atoms with van der Waals surface area (Å²) in [5.41, 5.74) is 0.578. The highest BCUT2D eigenvalue weighted by molar-refractivity contribution is 5.69. The Balaban J connectivity index is 1.33. The summed E-state index contributed by atoms with van der Waals surface area (Å²) in [6.07, 6.45) is 10.2. The van der Waals surface area contributed by atoms with E-state index in [0.717, 1.165) is 32.1 Å². The fourth-order valence-corrected chi connectivity index (χ4v) is 9.55. The molecule has 0 bridgehead atoms. The van der Waals surface area contributed by atoms with E-state index in [2.05, 4.69) is 20.8 Å². The molecule has 1 saturated heterocycles. The highest BCUT2D eigenvalue weighted by Crippen LogP contribution is 2.69. The van der Waals surface area contributed by atoms with E-state index in [9.17, 15) is 9.90 Å². The number of hydrogen-bond acceptors (Lipinski definition) is 5. The van der Waals surface area contributed by atoms with Gasteiger partial charge in [-0.25, -0.2) is 0 Å². The van der Waals surface area contributed by atoms with Gasteiger partial charge in [0.25, 0.3) is 0 Å². The Labute approximate surface area is 193 Å². The van der Waals surface area contributed by atoms with Gasteiger partial charge in [0.2, 0.25) is 0 Å². The van der Waals surface area contributed by atoms with Crippen LogP contribution in [0.2, 0.25) is 0 Å². The Morgan fingerprint density at radius 3 is 2.50 bits per heavy atom. The zero-order chi connectivity index (χ0) is 22.7. The molecule has 6 unspecified atom stereocenters. The standard InChI is InChI=1S/C27H44O5/c1-17(5-8-23(29)30-4)19-6-7-20-24-21(9-10-26(19,20)3)25(2)11-12-27(31-13-14-32-27)16-18(25)15-22(24)28/h17-22,24,28H,5-16H2,1-4H3/t17-,18+,19?,20?,21?,22-,24?,25?,26?/m1/s1. The normalized spacial score (nSPS) is 48.0. The number of carbonyl (C=O) groups excluding carboxylic acids is 1. The van der Waals surface area contributed by atoms with Crippen molar-refractivity contribution in [1.29, 1.82) is 0 Å². The van der Waals surface area contributed by atoms with Crippen LogP contribution in [0, 0.1) is 46.3 Å². The first-order valence-electron chi connectivity index (χ1n) is 13.3. The molecule has 5 nitrogen and oxygen atoms in total. The lowest BCUT2D eigenvalue weighted by molar-refractivity contribution is -0.243. The highest BCUT2D eigenvalue weighted by atomic mass is 16.7. The molecule has 0 aromatic heterocycles. The number of aliphatic hydroxyl groups excluding tert-OH is 1. The number of esters is 1. The molecule has 0 radical (unpaired) electrons. The fourth-order valence-electron chi connectivity index (χ4n) is 9.55. The van der Waals surface area contributed by atoms with E-state index in [1.165, 1.54) is 32.8 Å². The van der Waals surface area contributed by atoms with Crippen molar-refractivity contribution in [3.63, 3.8) is 0 Å². The first-order chi connectivity index (χ1) is 15.2. The predicted molar refractivity (Wildman–Crippen MR) is 122 cm³/mol. The molecule has 1 heterocycles. The number of rotatable bonds is 4. The smallest absolute Gasteiger partial charge is 0.305 e. The highest BCUT2D eigenvalue weighted by Gasteiger charge is 2.64. The van der Waals surface area contributed by atoms with Crippen LogP contribution in [0.1, 0.15) is 85.0 Å². The zero-order valence-corrected chi connectivity index (χ0v) is 20.6. The van der Waals surface area contributed by atoms with Crippen molar-refractivity contribution in [2.24, 2.45) is 46.3 Å². The van der Waals surface area contributed by atoms with Crippen LogP contribution in [0.4, 0.5) is 0 Å². The molecule has 32 heavy (non-hydrogen) atoms. The third kappa shape index (κ3) is 3.48. The molecule has 4 aliphatic carbocycles. The monoisotopic (exact) mass is 448 g/mol. The van der Waals surface area contributed by atoms with E-state index in [1.54, 1.807) is 0 Å². The van der Waals surface area contributed by atoms with Crippen LogP contribution in [0.5, 0.6) is 0 Å². The minimum absolute atomic E-state index is 0.0905. The van der Waals surface area contributed by atoms with E-state index >= 15 is 0 Å². The van der Waals surface area contributed by atoms with Crippen LogP contribution in [0.3, 0.4) is 0 Å². The topological polar surface area (TPSA) is 65.0 Å². The average molecular weight is 449 g/mol. The molecule has 5 aliphatic rings. The first-order valence-corrected chi connectivity index (χ1v) is 13.3. The molecule has 9 atom stereocenters. The second-order valence-corrected chi connectivity index (χ2v) is 12.4. The van der Waals surface area contributed by atoms with Crippen LogP contribution in [-0.4, -0.2) is 43.3 Å². The molecule has 5 fully saturated rings. The van der Waals surface area contributed by atoms with Crippen molar-refractivity contribution < 1.29 is 24.1 Å². The predicted octanol–water partition coefficient (Wildman–Crippen LogP) is 4.95. The van der Waals surface area contributed by atoms with Gasteiger partial charge in [-0.3, -0.25) is 4.79 Å². The van der Waals surface area contributed by atoms with Crippen LogP contribution in [0.25, 0.3) is 0 Å². The zero-order valence-electron chi connectivity index (χ0n) is 20.6. The molecule has 0 aromatic rings. The van der Waals surface area contributed by atoms with Gasteiger partial charge in [-0.15, -0.1) is 0 Å². The molecule has 0 amide bonds. The Morgan fingerprint density at radius 2 is 1.78 bits per heavy atom. The van der Waals surface area contributed by atoms with Gasteiger partial charge in [0.1, 0.15) is 0 Å².